The summed E-state index contributed by atoms with van der Waals surface area (Å²) in [6.45, 7) is 2.51. The molecule has 0 saturated carbocycles. The molecular weight excluding hydrogens is 376 g/mol. The molecular formula is C22H21ClN2O3. The van der Waals surface area contributed by atoms with Gasteiger partial charge in [-0.3, -0.25) is 9.59 Å². The van der Waals surface area contributed by atoms with Crippen LogP contribution in [0.1, 0.15) is 30.1 Å². The molecule has 6 heteroatoms. The molecule has 0 aliphatic rings. The molecule has 1 amide bonds. The van der Waals surface area contributed by atoms with Crippen LogP contribution in [-0.4, -0.2) is 30.0 Å². The molecule has 1 N–H and O–H groups in total. The van der Waals surface area contributed by atoms with Crippen molar-refractivity contribution in [2.75, 3.05) is 13.2 Å². The maximum atomic E-state index is 12.8. The van der Waals surface area contributed by atoms with E-state index in [0.717, 1.165) is 16.5 Å². The average molecular weight is 397 g/mol. The molecule has 0 radical (unpaired) electrons. The van der Waals surface area contributed by atoms with E-state index >= 15 is 0 Å². The van der Waals surface area contributed by atoms with Gasteiger partial charge in [-0.2, -0.15) is 0 Å². The molecule has 0 fully saturated rings. The zero-order valence-corrected chi connectivity index (χ0v) is 16.3. The number of esters is 1. The van der Waals surface area contributed by atoms with Crippen molar-refractivity contribution >= 4 is 34.4 Å². The second-order valence-corrected chi connectivity index (χ2v) is 6.62. The van der Waals surface area contributed by atoms with E-state index in [2.05, 4.69) is 10.3 Å². The van der Waals surface area contributed by atoms with E-state index in [0.29, 0.717) is 35.9 Å². The van der Waals surface area contributed by atoms with Gasteiger partial charge in [-0.05, 0) is 31.5 Å². The van der Waals surface area contributed by atoms with Gasteiger partial charge in [-0.25, -0.2) is 4.98 Å². The van der Waals surface area contributed by atoms with Crippen molar-refractivity contribution in [1.82, 2.24) is 10.3 Å². The summed E-state index contributed by atoms with van der Waals surface area (Å²) < 4.78 is 4.89. The number of pyridine rings is 1. The Kier molecular flexibility index (Phi) is 6.61. The number of hydrogen-bond acceptors (Lipinski definition) is 4. The summed E-state index contributed by atoms with van der Waals surface area (Å²) in [6, 6.07) is 16.6. The molecule has 0 spiro atoms. The number of nitrogens with zero attached hydrogens (tertiary/aromatic N) is 1. The minimum atomic E-state index is -0.257. The fraction of sp³-hybridized carbons (Fsp3) is 0.227. The number of nitrogens with one attached hydrogen (secondary N) is 1. The van der Waals surface area contributed by atoms with Crippen LogP contribution in [0.4, 0.5) is 0 Å². The first kappa shape index (κ1) is 19.8. The lowest BCUT2D eigenvalue weighted by atomic mass is 10.0. The summed E-state index contributed by atoms with van der Waals surface area (Å²) in [7, 11) is 0. The van der Waals surface area contributed by atoms with Gasteiger partial charge in [-0.15, -0.1) is 0 Å². The number of amides is 1. The Labute approximate surface area is 168 Å². The van der Waals surface area contributed by atoms with Crippen molar-refractivity contribution in [3.05, 3.63) is 65.2 Å². The zero-order valence-electron chi connectivity index (χ0n) is 15.6. The molecule has 1 heterocycles. The van der Waals surface area contributed by atoms with Gasteiger partial charge in [0, 0.05) is 28.9 Å². The smallest absolute Gasteiger partial charge is 0.305 e. The minimum absolute atomic E-state index is 0.212. The van der Waals surface area contributed by atoms with Crippen LogP contribution >= 0.6 is 11.6 Å². The molecule has 0 unspecified atom stereocenters. The van der Waals surface area contributed by atoms with Crippen molar-refractivity contribution in [2.24, 2.45) is 0 Å². The molecule has 144 valence electrons. The lowest BCUT2D eigenvalue weighted by Gasteiger charge is -2.11. The topological polar surface area (TPSA) is 68.3 Å². The molecule has 1 aromatic heterocycles. The van der Waals surface area contributed by atoms with Crippen LogP contribution in [-0.2, 0) is 9.53 Å². The van der Waals surface area contributed by atoms with E-state index in [4.69, 9.17) is 16.3 Å². The van der Waals surface area contributed by atoms with Crippen molar-refractivity contribution in [3.63, 3.8) is 0 Å². The summed E-state index contributed by atoms with van der Waals surface area (Å²) >= 11 is 6.32. The van der Waals surface area contributed by atoms with Crippen LogP contribution in [0.15, 0.2) is 54.6 Å². The Morgan fingerprint density at radius 2 is 1.86 bits per heavy atom. The Morgan fingerprint density at radius 3 is 2.64 bits per heavy atom. The van der Waals surface area contributed by atoms with Gasteiger partial charge in [0.25, 0.3) is 5.91 Å². The quantitative estimate of drug-likeness (QED) is 0.467. The highest BCUT2D eigenvalue weighted by atomic mass is 35.5. The number of para-hydroxylation sites is 1. The molecule has 0 aliphatic heterocycles. The number of benzene rings is 2. The van der Waals surface area contributed by atoms with Gasteiger partial charge in [0.05, 0.1) is 23.4 Å². The van der Waals surface area contributed by atoms with E-state index in [1.54, 1.807) is 19.1 Å². The first-order valence-corrected chi connectivity index (χ1v) is 9.56. The fourth-order valence-electron chi connectivity index (χ4n) is 2.93. The predicted molar refractivity (Wildman–Crippen MR) is 110 cm³/mol. The standard InChI is InChI=1S/C22H21ClN2O3/c1-2-28-21(26)12-7-13-24-22(27)17-14-20(16-9-3-5-10-18(16)23)25-19-11-6-4-8-15(17)19/h3-6,8-11,14H,2,7,12-13H2,1H3,(H,24,27). The molecule has 0 saturated heterocycles. The summed E-state index contributed by atoms with van der Waals surface area (Å²) in [6.07, 6.45) is 0.793. The lowest BCUT2D eigenvalue weighted by molar-refractivity contribution is -0.143. The van der Waals surface area contributed by atoms with Crippen LogP contribution in [0.3, 0.4) is 0 Å². The lowest BCUT2D eigenvalue weighted by Crippen LogP contribution is -2.25. The Hall–Kier alpha value is -2.92. The van der Waals surface area contributed by atoms with Crippen molar-refractivity contribution in [2.45, 2.75) is 19.8 Å². The Morgan fingerprint density at radius 1 is 1.11 bits per heavy atom. The van der Waals surface area contributed by atoms with Crippen LogP contribution in [0.2, 0.25) is 5.02 Å². The number of carbonyl (C=O) groups is 2. The highest BCUT2D eigenvalue weighted by Gasteiger charge is 2.15. The molecule has 3 rings (SSSR count). The van der Waals surface area contributed by atoms with Gasteiger partial charge in [0.15, 0.2) is 0 Å². The number of carbonyl (C=O) groups excluding carboxylic acids is 2. The summed E-state index contributed by atoms with van der Waals surface area (Å²) in [5.41, 5.74) is 2.65. The summed E-state index contributed by atoms with van der Waals surface area (Å²) in [5.74, 6) is -0.470. The molecule has 3 aromatic rings. The first-order chi connectivity index (χ1) is 13.6. The Bertz CT molecular complexity index is 1000. The number of hydrogen-bond donors (Lipinski definition) is 1. The number of fused-ring (bicyclic) bond motifs is 1. The fourth-order valence-corrected chi connectivity index (χ4v) is 3.17. The zero-order chi connectivity index (χ0) is 19.9. The third-order valence-corrected chi connectivity index (χ3v) is 4.59. The van der Waals surface area contributed by atoms with Gasteiger partial charge in [0.2, 0.25) is 0 Å². The largest absolute Gasteiger partial charge is 0.466 e. The summed E-state index contributed by atoms with van der Waals surface area (Å²) in [5, 5.41) is 4.21. The predicted octanol–water partition coefficient (Wildman–Crippen LogP) is 4.63. The van der Waals surface area contributed by atoms with Gasteiger partial charge in [-0.1, -0.05) is 48.0 Å². The van der Waals surface area contributed by atoms with Crippen LogP contribution in [0.25, 0.3) is 22.2 Å². The SMILES string of the molecule is CCOC(=O)CCCNC(=O)c1cc(-c2ccccc2Cl)nc2ccccc12. The first-order valence-electron chi connectivity index (χ1n) is 9.18. The minimum Gasteiger partial charge on any atom is -0.466 e. The normalized spacial score (nSPS) is 10.6. The Balaban J connectivity index is 1.84. The van der Waals surface area contributed by atoms with Crippen molar-refractivity contribution < 1.29 is 14.3 Å². The van der Waals surface area contributed by atoms with E-state index in [1.165, 1.54) is 0 Å². The van der Waals surface area contributed by atoms with Crippen LogP contribution in [0.5, 0.6) is 0 Å². The van der Waals surface area contributed by atoms with E-state index in [9.17, 15) is 9.59 Å². The summed E-state index contributed by atoms with van der Waals surface area (Å²) in [4.78, 5) is 28.9. The van der Waals surface area contributed by atoms with Crippen LogP contribution in [0, 0.1) is 0 Å². The molecule has 28 heavy (non-hydrogen) atoms. The third-order valence-electron chi connectivity index (χ3n) is 4.26. The van der Waals surface area contributed by atoms with Gasteiger partial charge >= 0.3 is 5.97 Å². The van der Waals surface area contributed by atoms with E-state index in [-0.39, 0.29) is 18.3 Å². The monoisotopic (exact) mass is 396 g/mol. The molecule has 5 nitrogen and oxygen atoms in total. The highest BCUT2D eigenvalue weighted by molar-refractivity contribution is 6.33. The van der Waals surface area contributed by atoms with E-state index < -0.39 is 0 Å². The maximum Gasteiger partial charge on any atom is 0.305 e. The van der Waals surface area contributed by atoms with Crippen molar-refractivity contribution in [3.8, 4) is 11.3 Å². The number of ether oxygens (including phenoxy) is 1. The molecule has 0 aliphatic carbocycles. The highest BCUT2D eigenvalue weighted by Crippen LogP contribution is 2.29. The van der Waals surface area contributed by atoms with Gasteiger partial charge < -0.3 is 10.1 Å². The maximum absolute atomic E-state index is 12.8. The molecule has 0 bridgehead atoms. The van der Waals surface area contributed by atoms with Crippen LogP contribution < -0.4 is 5.32 Å². The number of halogens is 1. The molecule has 2 aromatic carbocycles. The third kappa shape index (κ3) is 4.67. The van der Waals surface area contributed by atoms with Gasteiger partial charge in [0.1, 0.15) is 0 Å². The number of aromatic nitrogens is 1. The molecule has 0 atom stereocenters. The van der Waals surface area contributed by atoms with E-state index in [1.807, 2.05) is 42.5 Å². The van der Waals surface area contributed by atoms with Crippen molar-refractivity contribution in [1.29, 1.82) is 0 Å². The number of rotatable bonds is 7. The second-order valence-electron chi connectivity index (χ2n) is 6.22. The second kappa shape index (κ2) is 9.33. The average Bonchev–Trinajstić information content (AvgIpc) is 2.71.